The van der Waals surface area contributed by atoms with Gasteiger partial charge in [-0.2, -0.15) is 11.0 Å². The van der Waals surface area contributed by atoms with Gasteiger partial charge < -0.3 is 9.68 Å². The van der Waals surface area contributed by atoms with E-state index in [-0.39, 0.29) is 30.4 Å². The Labute approximate surface area is 153 Å². The van der Waals surface area contributed by atoms with Crippen molar-refractivity contribution in [2.45, 2.75) is 19.3 Å². The molecule has 2 rings (SSSR count). The largest absolute Gasteiger partial charge is 0.341 e. The fraction of sp³-hybridized carbons (Fsp3) is 0.176. The van der Waals surface area contributed by atoms with Gasteiger partial charge in [0, 0.05) is 37.6 Å². The molecule has 0 spiro atoms. The molecule has 10 heteroatoms. The summed E-state index contributed by atoms with van der Waals surface area (Å²) in [6.45, 7) is 0. The Hall–Kier alpha value is -3.82. The highest BCUT2D eigenvalue weighted by atomic mass is 16.7. The Morgan fingerprint density at radius 1 is 0.778 bits per heavy atom. The first-order chi connectivity index (χ1) is 13.1. The maximum Gasteiger partial charge on any atom is 0.332 e. The van der Waals surface area contributed by atoms with Gasteiger partial charge in [0.25, 0.3) is 11.8 Å². The van der Waals surface area contributed by atoms with Crippen molar-refractivity contribution in [3.8, 4) is 0 Å². The Kier molecular flexibility index (Phi) is 7.39. The third kappa shape index (κ3) is 6.90. The van der Waals surface area contributed by atoms with Crippen LogP contribution in [0.15, 0.2) is 49.1 Å². The van der Waals surface area contributed by atoms with E-state index >= 15 is 0 Å². The number of nitrogens with one attached hydrogen (secondary N) is 2. The summed E-state index contributed by atoms with van der Waals surface area (Å²) in [5.74, 6) is -2.68. The number of aromatic nitrogens is 2. The molecule has 27 heavy (non-hydrogen) atoms. The lowest BCUT2D eigenvalue weighted by atomic mass is 10.2. The molecule has 0 aliphatic heterocycles. The van der Waals surface area contributed by atoms with Gasteiger partial charge in [-0.25, -0.2) is 9.59 Å². The Bertz CT molecular complexity index is 730. The molecular weight excluding hydrogens is 356 g/mol. The molecule has 10 nitrogen and oxygen atoms in total. The predicted octanol–water partition coefficient (Wildman–Crippen LogP) is 0.723. The van der Waals surface area contributed by atoms with E-state index in [1.165, 1.54) is 36.9 Å². The maximum atomic E-state index is 11.7. The van der Waals surface area contributed by atoms with E-state index in [0.29, 0.717) is 0 Å². The van der Waals surface area contributed by atoms with Gasteiger partial charge in [0.05, 0.1) is 11.1 Å². The molecule has 0 aromatic carbocycles. The molecule has 0 atom stereocenters. The zero-order valence-corrected chi connectivity index (χ0v) is 14.1. The number of carbonyl (C=O) groups excluding carboxylic acids is 4. The molecule has 0 aliphatic carbocycles. The van der Waals surface area contributed by atoms with Crippen molar-refractivity contribution in [3.05, 3.63) is 60.2 Å². The van der Waals surface area contributed by atoms with Gasteiger partial charge in [-0.3, -0.25) is 19.6 Å². The molecule has 140 valence electrons. The van der Waals surface area contributed by atoms with E-state index in [0.717, 1.165) is 0 Å². The van der Waals surface area contributed by atoms with E-state index in [4.69, 9.17) is 0 Å². The molecule has 0 saturated carbocycles. The summed E-state index contributed by atoms with van der Waals surface area (Å²) in [7, 11) is 0. The first kappa shape index (κ1) is 19.5. The van der Waals surface area contributed by atoms with Crippen LogP contribution < -0.4 is 11.0 Å². The van der Waals surface area contributed by atoms with Gasteiger partial charge >= 0.3 is 11.9 Å². The summed E-state index contributed by atoms with van der Waals surface area (Å²) < 4.78 is 0. The summed E-state index contributed by atoms with van der Waals surface area (Å²) in [5, 5.41) is 0. The fourth-order valence-corrected chi connectivity index (χ4v) is 1.80. The van der Waals surface area contributed by atoms with Gasteiger partial charge in [0.15, 0.2) is 0 Å². The second-order valence-corrected chi connectivity index (χ2v) is 5.15. The van der Waals surface area contributed by atoms with Crippen molar-refractivity contribution in [2.75, 3.05) is 0 Å². The molecule has 2 amide bonds. The Balaban J connectivity index is 1.59. The molecule has 0 aliphatic rings. The summed E-state index contributed by atoms with van der Waals surface area (Å²) in [6.07, 6.45) is 5.50. The smallest absolute Gasteiger partial charge is 0.332 e. The lowest BCUT2D eigenvalue weighted by Crippen LogP contribution is -2.28. The quantitative estimate of drug-likeness (QED) is 0.708. The maximum absolute atomic E-state index is 11.7. The van der Waals surface area contributed by atoms with Crippen LogP contribution in [0.25, 0.3) is 0 Å². The average molecular weight is 372 g/mol. The van der Waals surface area contributed by atoms with Gasteiger partial charge in [0.1, 0.15) is 0 Å². The van der Waals surface area contributed by atoms with E-state index in [2.05, 4.69) is 19.6 Å². The number of pyridine rings is 2. The number of rotatable bonds is 6. The second kappa shape index (κ2) is 10.2. The lowest BCUT2D eigenvalue weighted by Gasteiger charge is -2.06. The van der Waals surface area contributed by atoms with Gasteiger partial charge in [0.2, 0.25) is 0 Å². The monoisotopic (exact) mass is 372 g/mol. The molecule has 0 unspecified atom stereocenters. The minimum Gasteiger partial charge on any atom is -0.341 e. The van der Waals surface area contributed by atoms with Gasteiger partial charge in [-0.1, -0.05) is 0 Å². The normalized spacial score (nSPS) is 9.78. The van der Waals surface area contributed by atoms with Crippen LogP contribution in [0.2, 0.25) is 0 Å². The SMILES string of the molecule is O=C(CCCC(=O)ONC(=O)c1cccnc1)ONC(=O)c1cccnc1. The van der Waals surface area contributed by atoms with Gasteiger partial charge in [-0.05, 0) is 30.7 Å². The summed E-state index contributed by atoms with van der Waals surface area (Å²) in [5.41, 5.74) is 4.44. The highest BCUT2D eigenvalue weighted by Gasteiger charge is 2.12. The molecule has 0 fully saturated rings. The van der Waals surface area contributed by atoms with Crippen LogP contribution in [-0.4, -0.2) is 33.7 Å². The third-order valence-corrected chi connectivity index (χ3v) is 3.12. The van der Waals surface area contributed by atoms with Crippen LogP contribution in [0.3, 0.4) is 0 Å². The molecule has 0 bridgehead atoms. The molecule has 2 heterocycles. The molecule has 2 aromatic heterocycles. The van der Waals surface area contributed by atoms with Crippen LogP contribution in [0.5, 0.6) is 0 Å². The highest BCUT2D eigenvalue weighted by Crippen LogP contribution is 2.01. The standard InChI is InChI=1S/C17H16N4O6/c22-14(26-20-16(24)12-4-2-8-18-10-12)6-1-7-15(23)27-21-17(25)13-5-3-9-19-11-13/h2-5,8-11H,1,6-7H2,(H,20,24)(H,21,25). The van der Waals surface area contributed by atoms with E-state index in [1.807, 2.05) is 11.0 Å². The van der Waals surface area contributed by atoms with Gasteiger partial charge in [-0.15, -0.1) is 0 Å². The van der Waals surface area contributed by atoms with Crippen LogP contribution in [-0.2, 0) is 19.3 Å². The minimum atomic E-state index is -0.723. The number of hydrogen-bond acceptors (Lipinski definition) is 8. The fourth-order valence-electron chi connectivity index (χ4n) is 1.80. The Morgan fingerprint density at radius 2 is 1.22 bits per heavy atom. The number of hydroxylamine groups is 2. The summed E-state index contributed by atoms with van der Waals surface area (Å²) in [6, 6.07) is 6.14. The van der Waals surface area contributed by atoms with Crippen molar-refractivity contribution in [1.29, 1.82) is 0 Å². The van der Waals surface area contributed by atoms with E-state index in [9.17, 15) is 19.2 Å². The van der Waals surface area contributed by atoms with E-state index in [1.54, 1.807) is 12.1 Å². The lowest BCUT2D eigenvalue weighted by molar-refractivity contribution is -0.151. The van der Waals surface area contributed by atoms with Crippen LogP contribution >= 0.6 is 0 Å². The zero-order valence-electron chi connectivity index (χ0n) is 14.1. The molecule has 0 radical (unpaired) electrons. The van der Waals surface area contributed by atoms with Crippen molar-refractivity contribution >= 4 is 23.8 Å². The zero-order chi connectivity index (χ0) is 19.5. The number of amides is 2. The molecule has 0 saturated heterocycles. The first-order valence-electron chi connectivity index (χ1n) is 7.86. The highest BCUT2D eigenvalue weighted by molar-refractivity contribution is 5.94. The number of carbonyl (C=O) groups is 4. The predicted molar refractivity (Wildman–Crippen MR) is 89.4 cm³/mol. The summed E-state index contributed by atoms with van der Waals surface area (Å²) >= 11 is 0. The molecule has 2 N–H and O–H groups in total. The van der Waals surface area contributed by atoms with Crippen LogP contribution in [0.1, 0.15) is 40.0 Å². The number of hydrogen-bond donors (Lipinski definition) is 2. The average Bonchev–Trinajstić information content (AvgIpc) is 2.71. The van der Waals surface area contributed by atoms with Crippen LogP contribution in [0, 0.1) is 0 Å². The van der Waals surface area contributed by atoms with E-state index < -0.39 is 23.8 Å². The van der Waals surface area contributed by atoms with Crippen LogP contribution in [0.4, 0.5) is 0 Å². The molecule has 2 aromatic rings. The first-order valence-corrected chi connectivity index (χ1v) is 7.86. The topological polar surface area (TPSA) is 137 Å². The Morgan fingerprint density at radius 3 is 1.59 bits per heavy atom. The third-order valence-electron chi connectivity index (χ3n) is 3.12. The second-order valence-electron chi connectivity index (χ2n) is 5.15. The van der Waals surface area contributed by atoms with Crippen molar-refractivity contribution in [3.63, 3.8) is 0 Å². The molecular formula is C17H16N4O6. The number of nitrogens with zero attached hydrogens (tertiary/aromatic N) is 2. The van der Waals surface area contributed by atoms with Crippen molar-refractivity contribution < 1.29 is 28.9 Å². The minimum absolute atomic E-state index is 0.114. The van der Waals surface area contributed by atoms with Crippen molar-refractivity contribution in [1.82, 2.24) is 20.9 Å². The summed E-state index contributed by atoms with van der Waals surface area (Å²) in [4.78, 5) is 63.1. The van der Waals surface area contributed by atoms with Crippen molar-refractivity contribution in [2.24, 2.45) is 0 Å².